The molecule has 1 fully saturated rings. The Morgan fingerprint density at radius 2 is 1.87 bits per heavy atom. The lowest BCUT2D eigenvalue weighted by atomic mass is 10.2. The predicted molar refractivity (Wildman–Crippen MR) is 86.0 cm³/mol. The van der Waals surface area contributed by atoms with Gasteiger partial charge in [0, 0.05) is 32.2 Å². The van der Waals surface area contributed by atoms with Crippen LogP contribution in [-0.2, 0) is 14.8 Å². The van der Waals surface area contributed by atoms with E-state index in [-0.39, 0.29) is 17.4 Å². The van der Waals surface area contributed by atoms with Crippen molar-refractivity contribution in [1.29, 1.82) is 0 Å². The summed E-state index contributed by atoms with van der Waals surface area (Å²) in [4.78, 5) is 13.8. The van der Waals surface area contributed by atoms with Gasteiger partial charge >= 0.3 is 0 Å². The summed E-state index contributed by atoms with van der Waals surface area (Å²) in [6, 6.07) is 5.00. The second-order valence-electron chi connectivity index (χ2n) is 6.03. The molecule has 0 bridgehead atoms. The molecule has 0 radical (unpaired) electrons. The Hall–Kier alpha value is -1.64. The third-order valence-electron chi connectivity index (χ3n) is 4.23. The van der Waals surface area contributed by atoms with Gasteiger partial charge in [0.05, 0.1) is 10.6 Å². The monoisotopic (exact) mass is 339 g/mol. The third-order valence-corrected chi connectivity index (χ3v) is 6.12. The van der Waals surface area contributed by atoms with Crippen LogP contribution in [0.25, 0.3) is 0 Å². The summed E-state index contributed by atoms with van der Waals surface area (Å²) in [5.41, 5.74) is 0.406. The van der Waals surface area contributed by atoms with E-state index in [1.807, 2.05) is 0 Å². The number of nitrogens with one attached hydrogen (secondary N) is 1. The maximum absolute atomic E-state index is 12.8. The lowest BCUT2D eigenvalue weighted by Crippen LogP contribution is -2.50. The van der Waals surface area contributed by atoms with Crippen LogP contribution in [0.5, 0.6) is 5.75 Å². The molecule has 1 N–H and O–H groups in total. The molecular formula is C15H21N3O4S. The Morgan fingerprint density at radius 3 is 2.52 bits per heavy atom. The number of ether oxygens (including phenoxy) is 1. The molecule has 0 aliphatic carbocycles. The van der Waals surface area contributed by atoms with Gasteiger partial charge in [-0.25, -0.2) is 8.42 Å². The second kappa shape index (κ2) is 6.10. The molecule has 0 saturated carbocycles. The number of amides is 1. The van der Waals surface area contributed by atoms with Crippen molar-refractivity contribution in [1.82, 2.24) is 9.21 Å². The fourth-order valence-corrected chi connectivity index (χ4v) is 4.28. The topological polar surface area (TPSA) is 79.0 Å². The standard InChI is InChI=1S/C15H21N3O4S/c1-11(2)17-5-7-18(8-6-17)23(20,21)12-3-4-14-13(9-12)16-15(19)10-22-14/h3-4,9,11H,5-8,10H2,1-2H3,(H,16,19). The Balaban J connectivity index is 1.81. The van der Waals surface area contributed by atoms with E-state index in [0.29, 0.717) is 30.6 Å². The zero-order chi connectivity index (χ0) is 16.6. The average molecular weight is 339 g/mol. The van der Waals surface area contributed by atoms with Crippen LogP contribution >= 0.6 is 0 Å². The summed E-state index contributed by atoms with van der Waals surface area (Å²) in [7, 11) is -3.56. The Bertz CT molecular complexity index is 709. The van der Waals surface area contributed by atoms with Gasteiger partial charge in [-0.1, -0.05) is 0 Å². The Kier molecular flexibility index (Phi) is 4.31. The van der Waals surface area contributed by atoms with Gasteiger partial charge in [-0.3, -0.25) is 9.69 Å². The first kappa shape index (κ1) is 16.2. The molecule has 1 saturated heterocycles. The first-order chi connectivity index (χ1) is 10.9. The van der Waals surface area contributed by atoms with Crippen LogP contribution in [0.1, 0.15) is 13.8 Å². The molecule has 7 nitrogen and oxygen atoms in total. The molecule has 126 valence electrons. The van der Waals surface area contributed by atoms with Gasteiger partial charge in [-0.2, -0.15) is 4.31 Å². The zero-order valence-corrected chi connectivity index (χ0v) is 14.1. The number of fused-ring (bicyclic) bond motifs is 1. The fourth-order valence-electron chi connectivity index (χ4n) is 2.83. The molecule has 0 spiro atoms. The third kappa shape index (κ3) is 3.19. The van der Waals surface area contributed by atoms with Crippen molar-refractivity contribution < 1.29 is 17.9 Å². The molecule has 1 amide bonds. The van der Waals surface area contributed by atoms with Gasteiger partial charge in [0.25, 0.3) is 5.91 Å². The highest BCUT2D eigenvalue weighted by Gasteiger charge is 2.30. The molecule has 23 heavy (non-hydrogen) atoms. The van der Waals surface area contributed by atoms with Crippen LogP contribution < -0.4 is 10.1 Å². The zero-order valence-electron chi connectivity index (χ0n) is 13.3. The molecule has 3 rings (SSSR count). The van der Waals surface area contributed by atoms with E-state index in [4.69, 9.17) is 4.74 Å². The number of carbonyl (C=O) groups is 1. The molecule has 0 unspecified atom stereocenters. The molecule has 1 aromatic rings. The van der Waals surface area contributed by atoms with Gasteiger partial charge in [0.2, 0.25) is 10.0 Å². The van der Waals surface area contributed by atoms with E-state index in [9.17, 15) is 13.2 Å². The molecule has 2 heterocycles. The summed E-state index contributed by atoms with van der Waals surface area (Å²) in [5, 5.41) is 2.64. The van der Waals surface area contributed by atoms with E-state index < -0.39 is 10.0 Å². The van der Waals surface area contributed by atoms with Crippen LogP contribution in [0, 0.1) is 0 Å². The van der Waals surface area contributed by atoms with Crippen molar-refractivity contribution in [3.8, 4) is 5.75 Å². The van der Waals surface area contributed by atoms with Gasteiger partial charge < -0.3 is 10.1 Å². The van der Waals surface area contributed by atoms with Crippen molar-refractivity contribution in [2.24, 2.45) is 0 Å². The first-order valence-electron chi connectivity index (χ1n) is 7.69. The number of nitrogens with zero attached hydrogens (tertiary/aromatic N) is 2. The van der Waals surface area contributed by atoms with E-state index in [1.54, 1.807) is 6.07 Å². The highest BCUT2D eigenvalue weighted by molar-refractivity contribution is 7.89. The summed E-state index contributed by atoms with van der Waals surface area (Å²) in [6.45, 7) is 6.56. The van der Waals surface area contributed by atoms with Crippen LogP contribution in [-0.4, -0.2) is 62.4 Å². The number of anilines is 1. The van der Waals surface area contributed by atoms with Crippen LogP contribution in [0.3, 0.4) is 0 Å². The summed E-state index contributed by atoms with van der Waals surface area (Å²) < 4.78 is 32.3. The molecule has 8 heteroatoms. The Morgan fingerprint density at radius 1 is 1.17 bits per heavy atom. The van der Waals surface area contributed by atoms with Crippen LogP contribution in [0.4, 0.5) is 5.69 Å². The quantitative estimate of drug-likeness (QED) is 0.878. The minimum Gasteiger partial charge on any atom is -0.482 e. The highest BCUT2D eigenvalue weighted by Crippen LogP contribution is 2.31. The number of piperazine rings is 1. The van der Waals surface area contributed by atoms with Crippen LogP contribution in [0.2, 0.25) is 0 Å². The maximum Gasteiger partial charge on any atom is 0.262 e. The smallest absolute Gasteiger partial charge is 0.262 e. The maximum atomic E-state index is 12.8. The fraction of sp³-hybridized carbons (Fsp3) is 0.533. The summed E-state index contributed by atoms with van der Waals surface area (Å²) >= 11 is 0. The molecule has 2 aliphatic rings. The molecule has 1 aromatic carbocycles. The number of hydrogen-bond acceptors (Lipinski definition) is 5. The highest BCUT2D eigenvalue weighted by atomic mass is 32.2. The molecule has 0 atom stereocenters. The van der Waals surface area contributed by atoms with E-state index >= 15 is 0 Å². The average Bonchev–Trinajstić information content (AvgIpc) is 2.54. The normalized spacial score (nSPS) is 20.0. The van der Waals surface area contributed by atoms with Gasteiger partial charge in [0.15, 0.2) is 6.61 Å². The van der Waals surface area contributed by atoms with Crippen molar-refractivity contribution in [2.45, 2.75) is 24.8 Å². The van der Waals surface area contributed by atoms with Crippen molar-refractivity contribution in [2.75, 3.05) is 38.1 Å². The SMILES string of the molecule is CC(C)N1CCN(S(=O)(=O)c2ccc3c(c2)NC(=O)CO3)CC1. The second-order valence-corrected chi connectivity index (χ2v) is 7.97. The number of benzene rings is 1. The van der Waals surface area contributed by atoms with Crippen molar-refractivity contribution in [3.63, 3.8) is 0 Å². The number of carbonyl (C=O) groups excluding carboxylic acids is 1. The van der Waals surface area contributed by atoms with E-state index in [2.05, 4.69) is 24.1 Å². The minimum absolute atomic E-state index is 0.0454. The van der Waals surface area contributed by atoms with Gasteiger partial charge in [-0.15, -0.1) is 0 Å². The van der Waals surface area contributed by atoms with Crippen molar-refractivity contribution >= 4 is 21.6 Å². The minimum atomic E-state index is -3.56. The van der Waals surface area contributed by atoms with E-state index in [1.165, 1.54) is 16.4 Å². The molecular weight excluding hydrogens is 318 g/mol. The van der Waals surface area contributed by atoms with Crippen molar-refractivity contribution in [3.05, 3.63) is 18.2 Å². The van der Waals surface area contributed by atoms with Crippen LogP contribution in [0.15, 0.2) is 23.1 Å². The number of sulfonamides is 1. The first-order valence-corrected chi connectivity index (χ1v) is 9.13. The lowest BCUT2D eigenvalue weighted by Gasteiger charge is -2.36. The summed E-state index contributed by atoms with van der Waals surface area (Å²) in [6.07, 6.45) is 0. The largest absolute Gasteiger partial charge is 0.482 e. The molecule has 2 aliphatic heterocycles. The van der Waals surface area contributed by atoms with Gasteiger partial charge in [-0.05, 0) is 32.0 Å². The van der Waals surface area contributed by atoms with Gasteiger partial charge in [0.1, 0.15) is 5.75 Å². The number of rotatable bonds is 3. The summed E-state index contributed by atoms with van der Waals surface area (Å²) in [5.74, 6) is 0.214. The lowest BCUT2D eigenvalue weighted by molar-refractivity contribution is -0.118. The molecule has 0 aromatic heterocycles. The Labute approximate surface area is 136 Å². The number of hydrogen-bond donors (Lipinski definition) is 1. The predicted octanol–water partition coefficient (Wildman–Crippen LogP) is 0.732. The van der Waals surface area contributed by atoms with E-state index in [0.717, 1.165) is 13.1 Å².